The van der Waals surface area contributed by atoms with E-state index in [9.17, 15) is 13.2 Å². The number of morpholine rings is 1. The minimum absolute atomic E-state index is 0.0653. The average molecular weight is 342 g/mol. The van der Waals surface area contributed by atoms with Crippen molar-refractivity contribution in [1.82, 2.24) is 9.62 Å². The molecule has 0 aromatic heterocycles. The van der Waals surface area contributed by atoms with E-state index in [-0.39, 0.29) is 24.8 Å². The predicted molar refractivity (Wildman–Crippen MR) is 85.9 cm³/mol. The Labute approximate surface area is 136 Å². The highest BCUT2D eigenvalue weighted by molar-refractivity contribution is 7.89. The molecule has 0 atom stereocenters. The first-order valence-electron chi connectivity index (χ1n) is 7.49. The van der Waals surface area contributed by atoms with Gasteiger partial charge in [-0.05, 0) is 19.1 Å². The number of amides is 1. The fourth-order valence-electron chi connectivity index (χ4n) is 2.11. The average Bonchev–Trinajstić information content (AvgIpc) is 2.55. The van der Waals surface area contributed by atoms with Gasteiger partial charge in [0.1, 0.15) is 5.75 Å². The van der Waals surface area contributed by atoms with Gasteiger partial charge in [-0.2, -0.15) is 4.31 Å². The van der Waals surface area contributed by atoms with Gasteiger partial charge in [-0.1, -0.05) is 17.7 Å². The van der Waals surface area contributed by atoms with Crippen molar-refractivity contribution in [3.05, 3.63) is 29.8 Å². The van der Waals surface area contributed by atoms with Crippen molar-refractivity contribution < 1.29 is 22.7 Å². The zero-order chi connectivity index (χ0) is 16.7. The third kappa shape index (κ3) is 5.81. The van der Waals surface area contributed by atoms with Crippen LogP contribution in [0.5, 0.6) is 5.75 Å². The molecule has 2 rings (SSSR count). The molecule has 1 aliphatic rings. The molecule has 1 heterocycles. The van der Waals surface area contributed by atoms with Crippen molar-refractivity contribution >= 4 is 15.9 Å². The van der Waals surface area contributed by atoms with Crippen molar-refractivity contribution in [2.24, 2.45) is 0 Å². The van der Waals surface area contributed by atoms with E-state index in [1.165, 1.54) is 4.31 Å². The van der Waals surface area contributed by atoms with E-state index in [0.29, 0.717) is 32.1 Å². The Balaban J connectivity index is 1.68. The molecule has 8 heteroatoms. The molecule has 1 saturated heterocycles. The molecule has 7 nitrogen and oxygen atoms in total. The van der Waals surface area contributed by atoms with Crippen LogP contribution in [0.2, 0.25) is 0 Å². The molecule has 0 unspecified atom stereocenters. The second kappa shape index (κ2) is 8.28. The van der Waals surface area contributed by atoms with E-state index < -0.39 is 10.0 Å². The Morgan fingerprint density at radius 2 is 1.91 bits per heavy atom. The first kappa shape index (κ1) is 17.7. The normalized spacial score (nSPS) is 16.0. The van der Waals surface area contributed by atoms with Gasteiger partial charge in [0, 0.05) is 19.6 Å². The summed E-state index contributed by atoms with van der Waals surface area (Å²) in [6.07, 6.45) is 0. The minimum Gasteiger partial charge on any atom is -0.484 e. The van der Waals surface area contributed by atoms with Gasteiger partial charge in [-0.15, -0.1) is 0 Å². The molecule has 1 amide bonds. The smallest absolute Gasteiger partial charge is 0.257 e. The Morgan fingerprint density at radius 3 is 2.57 bits per heavy atom. The Morgan fingerprint density at radius 1 is 1.26 bits per heavy atom. The van der Waals surface area contributed by atoms with Crippen LogP contribution in [-0.2, 0) is 19.6 Å². The van der Waals surface area contributed by atoms with Crippen LogP contribution < -0.4 is 10.1 Å². The minimum atomic E-state index is -3.35. The van der Waals surface area contributed by atoms with Crippen LogP contribution >= 0.6 is 0 Å². The zero-order valence-electron chi connectivity index (χ0n) is 13.2. The number of carbonyl (C=O) groups excluding carboxylic acids is 1. The molecule has 1 aromatic carbocycles. The fourth-order valence-corrected chi connectivity index (χ4v) is 3.43. The summed E-state index contributed by atoms with van der Waals surface area (Å²) in [5.74, 6) is 0.137. The lowest BCUT2D eigenvalue weighted by molar-refractivity contribution is -0.122. The van der Waals surface area contributed by atoms with Crippen molar-refractivity contribution in [3.8, 4) is 5.75 Å². The van der Waals surface area contributed by atoms with Crippen molar-refractivity contribution in [2.45, 2.75) is 6.92 Å². The maximum absolute atomic E-state index is 12.1. The molecule has 1 aromatic rings. The predicted octanol–water partition coefficient (Wildman–Crippen LogP) is 0.152. The summed E-state index contributed by atoms with van der Waals surface area (Å²) < 4.78 is 36.0. The molecule has 0 bridgehead atoms. The number of carbonyl (C=O) groups is 1. The molecule has 128 valence electrons. The SMILES string of the molecule is Cc1ccc(OCC(=O)NCCS(=O)(=O)N2CCOCC2)cc1. The molecule has 0 radical (unpaired) electrons. The molecule has 0 spiro atoms. The van der Waals surface area contributed by atoms with Gasteiger partial charge in [0.15, 0.2) is 6.61 Å². The summed E-state index contributed by atoms with van der Waals surface area (Å²) in [5.41, 5.74) is 1.11. The van der Waals surface area contributed by atoms with Crippen molar-refractivity contribution in [1.29, 1.82) is 0 Å². The molecule has 23 heavy (non-hydrogen) atoms. The number of aryl methyl sites for hydroxylation is 1. The van der Waals surface area contributed by atoms with Gasteiger partial charge in [0.25, 0.3) is 5.91 Å². The molecule has 1 N–H and O–H groups in total. The number of rotatable bonds is 7. The molecule has 1 aliphatic heterocycles. The first-order chi connectivity index (χ1) is 11.0. The van der Waals surface area contributed by atoms with E-state index in [1.807, 2.05) is 19.1 Å². The second-order valence-corrected chi connectivity index (χ2v) is 7.37. The lowest BCUT2D eigenvalue weighted by atomic mass is 10.2. The Kier molecular flexibility index (Phi) is 6.37. The van der Waals surface area contributed by atoms with Crippen LogP contribution in [0.3, 0.4) is 0 Å². The topological polar surface area (TPSA) is 84.9 Å². The van der Waals surface area contributed by atoms with E-state index in [0.717, 1.165) is 5.56 Å². The van der Waals surface area contributed by atoms with Gasteiger partial charge >= 0.3 is 0 Å². The Bertz CT molecular complexity index is 609. The summed E-state index contributed by atoms with van der Waals surface area (Å²) in [4.78, 5) is 11.7. The second-order valence-electron chi connectivity index (χ2n) is 5.28. The summed E-state index contributed by atoms with van der Waals surface area (Å²) in [5, 5.41) is 2.56. The lowest BCUT2D eigenvalue weighted by Gasteiger charge is -2.26. The lowest BCUT2D eigenvalue weighted by Crippen LogP contribution is -2.44. The van der Waals surface area contributed by atoms with Crippen LogP contribution in [0, 0.1) is 6.92 Å². The third-order valence-electron chi connectivity index (χ3n) is 3.44. The maximum Gasteiger partial charge on any atom is 0.257 e. The van der Waals surface area contributed by atoms with Crippen LogP contribution in [0.4, 0.5) is 0 Å². The summed E-state index contributed by atoms with van der Waals surface area (Å²) in [7, 11) is -3.35. The number of nitrogens with zero attached hydrogens (tertiary/aromatic N) is 1. The first-order valence-corrected chi connectivity index (χ1v) is 9.10. The summed E-state index contributed by atoms with van der Waals surface area (Å²) in [6, 6.07) is 7.35. The molecule has 0 saturated carbocycles. The summed E-state index contributed by atoms with van der Waals surface area (Å²) >= 11 is 0. The van der Waals surface area contributed by atoms with Gasteiger partial charge in [-0.3, -0.25) is 4.79 Å². The number of ether oxygens (including phenoxy) is 2. The van der Waals surface area contributed by atoms with Crippen molar-refractivity contribution in [3.63, 3.8) is 0 Å². The number of hydrogen-bond donors (Lipinski definition) is 1. The Hall–Kier alpha value is -1.64. The van der Waals surface area contributed by atoms with E-state index in [1.54, 1.807) is 12.1 Å². The largest absolute Gasteiger partial charge is 0.484 e. The van der Waals surface area contributed by atoms with Crippen LogP contribution in [-0.4, -0.2) is 63.8 Å². The highest BCUT2D eigenvalue weighted by Crippen LogP contribution is 2.11. The van der Waals surface area contributed by atoms with Crippen LogP contribution in [0.1, 0.15) is 5.56 Å². The highest BCUT2D eigenvalue weighted by Gasteiger charge is 2.23. The quantitative estimate of drug-likeness (QED) is 0.763. The van der Waals surface area contributed by atoms with Gasteiger partial charge in [0.05, 0.1) is 19.0 Å². The van der Waals surface area contributed by atoms with E-state index >= 15 is 0 Å². The van der Waals surface area contributed by atoms with Gasteiger partial charge in [0.2, 0.25) is 10.0 Å². The molecular formula is C15H22N2O5S. The highest BCUT2D eigenvalue weighted by atomic mass is 32.2. The number of benzene rings is 1. The van der Waals surface area contributed by atoms with Crippen LogP contribution in [0.15, 0.2) is 24.3 Å². The maximum atomic E-state index is 12.1. The van der Waals surface area contributed by atoms with Crippen molar-refractivity contribution in [2.75, 3.05) is 45.2 Å². The van der Waals surface area contributed by atoms with Gasteiger partial charge in [-0.25, -0.2) is 8.42 Å². The molecule has 1 fully saturated rings. The number of sulfonamides is 1. The van der Waals surface area contributed by atoms with Crippen LogP contribution in [0.25, 0.3) is 0 Å². The zero-order valence-corrected chi connectivity index (χ0v) is 14.0. The standard InChI is InChI=1S/C15H22N2O5S/c1-13-2-4-14(5-3-13)22-12-15(18)16-6-11-23(19,20)17-7-9-21-10-8-17/h2-5H,6-12H2,1H3,(H,16,18). The third-order valence-corrected chi connectivity index (χ3v) is 5.31. The molecular weight excluding hydrogens is 320 g/mol. The summed E-state index contributed by atoms with van der Waals surface area (Å²) in [6.45, 7) is 3.45. The number of nitrogens with one attached hydrogen (secondary N) is 1. The van der Waals surface area contributed by atoms with E-state index in [2.05, 4.69) is 5.32 Å². The van der Waals surface area contributed by atoms with Gasteiger partial charge < -0.3 is 14.8 Å². The fraction of sp³-hybridized carbons (Fsp3) is 0.533. The monoisotopic (exact) mass is 342 g/mol. The molecule has 0 aliphatic carbocycles. The van der Waals surface area contributed by atoms with E-state index in [4.69, 9.17) is 9.47 Å². The number of hydrogen-bond acceptors (Lipinski definition) is 5.